The minimum atomic E-state index is 0.257. The van der Waals surface area contributed by atoms with Gasteiger partial charge in [-0.3, -0.25) is 4.79 Å². The van der Waals surface area contributed by atoms with E-state index in [9.17, 15) is 4.79 Å². The van der Waals surface area contributed by atoms with E-state index in [0.29, 0.717) is 24.5 Å². The topological polar surface area (TPSA) is 33.5 Å². The molecule has 0 radical (unpaired) electrons. The van der Waals surface area contributed by atoms with Crippen LogP contribution in [-0.4, -0.2) is 25.0 Å². The second-order valence-electron chi connectivity index (χ2n) is 6.73. The molecule has 1 amide bonds. The minimum absolute atomic E-state index is 0.257. The summed E-state index contributed by atoms with van der Waals surface area (Å²) in [7, 11) is 0. The third-order valence-corrected chi connectivity index (χ3v) is 6.20. The normalized spacial score (nSPS) is 33.0. The van der Waals surface area contributed by atoms with Crippen molar-refractivity contribution in [3.8, 4) is 0 Å². The largest absolute Gasteiger partial charge is 0.348 e. The van der Waals surface area contributed by atoms with Crippen molar-refractivity contribution in [2.75, 3.05) is 13.1 Å². The Hall–Kier alpha value is -0.870. The van der Waals surface area contributed by atoms with Gasteiger partial charge in [-0.2, -0.15) is 0 Å². The Balaban J connectivity index is 1.54. The van der Waals surface area contributed by atoms with E-state index < -0.39 is 0 Å². The van der Waals surface area contributed by atoms with Crippen LogP contribution < -0.4 is 10.2 Å². The lowest BCUT2D eigenvalue weighted by molar-refractivity contribution is -0.910. The highest BCUT2D eigenvalue weighted by molar-refractivity contribution is 7.10. The van der Waals surface area contributed by atoms with Gasteiger partial charge in [-0.1, -0.05) is 25.8 Å². The molecule has 2 N–H and O–H groups in total. The highest BCUT2D eigenvalue weighted by Gasteiger charge is 2.33. The fraction of sp³-hybridized carbons (Fsp3) is 0.706. The zero-order valence-corrected chi connectivity index (χ0v) is 13.8. The van der Waals surface area contributed by atoms with Gasteiger partial charge in [0.15, 0.2) is 6.54 Å². The summed E-state index contributed by atoms with van der Waals surface area (Å²) >= 11 is 1.83. The summed E-state index contributed by atoms with van der Waals surface area (Å²) in [4.78, 5) is 15.3. The van der Waals surface area contributed by atoms with Crippen LogP contribution in [0.15, 0.2) is 17.5 Å². The quantitative estimate of drug-likeness (QED) is 0.878. The second-order valence-corrected chi connectivity index (χ2v) is 7.71. The fourth-order valence-corrected chi connectivity index (χ4v) is 4.87. The number of hydrogen-bond donors (Lipinski definition) is 2. The molecule has 2 aliphatic rings. The van der Waals surface area contributed by atoms with Gasteiger partial charge in [0.25, 0.3) is 5.91 Å². The van der Waals surface area contributed by atoms with Crippen molar-refractivity contribution in [1.82, 2.24) is 5.32 Å². The minimum Gasteiger partial charge on any atom is -0.348 e. The molecule has 1 unspecified atom stereocenters. The molecule has 4 heteroatoms. The fourth-order valence-electron chi connectivity index (χ4n) is 3.95. The maximum Gasteiger partial charge on any atom is 0.275 e. The number of carbonyl (C=O) groups is 1. The van der Waals surface area contributed by atoms with Crippen molar-refractivity contribution < 1.29 is 9.69 Å². The predicted molar refractivity (Wildman–Crippen MR) is 86.6 cm³/mol. The highest BCUT2D eigenvalue weighted by atomic mass is 32.1. The van der Waals surface area contributed by atoms with Crippen molar-refractivity contribution in [3.05, 3.63) is 22.4 Å². The molecule has 0 aromatic carbocycles. The summed E-state index contributed by atoms with van der Waals surface area (Å²) in [5.41, 5.74) is 0. The van der Waals surface area contributed by atoms with Crippen molar-refractivity contribution in [1.29, 1.82) is 0 Å². The van der Waals surface area contributed by atoms with Crippen LogP contribution in [0.1, 0.15) is 56.4 Å². The molecule has 116 valence electrons. The summed E-state index contributed by atoms with van der Waals surface area (Å²) in [6, 6.07) is 5.30. The Labute approximate surface area is 131 Å². The van der Waals surface area contributed by atoms with Crippen LogP contribution in [0.2, 0.25) is 0 Å². The first kappa shape index (κ1) is 15.0. The van der Waals surface area contributed by atoms with Crippen LogP contribution in [0.25, 0.3) is 0 Å². The first-order valence-corrected chi connectivity index (χ1v) is 9.29. The second kappa shape index (κ2) is 6.93. The molecule has 3 nitrogen and oxygen atoms in total. The van der Waals surface area contributed by atoms with Crippen molar-refractivity contribution in [2.24, 2.45) is 5.92 Å². The van der Waals surface area contributed by atoms with Gasteiger partial charge in [0.2, 0.25) is 0 Å². The number of quaternary nitrogens is 1. The summed E-state index contributed by atoms with van der Waals surface area (Å²) in [5, 5.41) is 5.45. The lowest BCUT2D eigenvalue weighted by Crippen LogP contribution is -3.11. The Bertz CT molecular complexity index is 459. The first-order chi connectivity index (χ1) is 10.2. The maximum absolute atomic E-state index is 12.4. The van der Waals surface area contributed by atoms with Crippen LogP contribution >= 0.6 is 11.3 Å². The average Bonchev–Trinajstić information content (AvgIpc) is 3.11. The summed E-state index contributed by atoms with van der Waals surface area (Å²) in [5.74, 6) is 0.900. The molecule has 0 bridgehead atoms. The Kier molecular flexibility index (Phi) is 4.96. The van der Waals surface area contributed by atoms with Gasteiger partial charge >= 0.3 is 0 Å². The Morgan fingerprint density at radius 2 is 2.19 bits per heavy atom. The molecular formula is C17H27N2OS+. The predicted octanol–water partition coefficient (Wildman–Crippen LogP) is 2.16. The van der Waals surface area contributed by atoms with Crippen molar-refractivity contribution in [3.63, 3.8) is 0 Å². The smallest absolute Gasteiger partial charge is 0.275 e. The molecule has 0 spiro atoms. The number of hydrogen-bond acceptors (Lipinski definition) is 2. The molecule has 1 aliphatic heterocycles. The van der Waals surface area contributed by atoms with E-state index in [-0.39, 0.29) is 5.91 Å². The van der Waals surface area contributed by atoms with Crippen molar-refractivity contribution in [2.45, 2.75) is 57.5 Å². The monoisotopic (exact) mass is 307 g/mol. The number of nitrogens with one attached hydrogen (secondary N) is 2. The van der Waals surface area contributed by atoms with Crippen LogP contribution in [-0.2, 0) is 4.79 Å². The standard InChI is InChI=1S/C17H26N2OS/c1-13-6-2-3-7-14(13)18-17(20)12-19-10-4-8-15(19)16-9-5-11-21-16/h5,9,11,13-15H,2-4,6-8,10,12H2,1H3,(H,18,20)/p+1/t13-,14+,15+/m0/s1. The van der Waals surface area contributed by atoms with Gasteiger partial charge in [0, 0.05) is 18.9 Å². The van der Waals surface area contributed by atoms with Crippen molar-refractivity contribution >= 4 is 17.2 Å². The lowest BCUT2D eigenvalue weighted by atomic mass is 9.86. The number of amides is 1. The molecule has 2 heterocycles. The van der Waals surface area contributed by atoms with Crippen LogP contribution in [0.4, 0.5) is 0 Å². The van der Waals surface area contributed by atoms with Gasteiger partial charge < -0.3 is 10.2 Å². The number of likely N-dealkylation sites (tertiary alicyclic amines) is 1. The summed E-state index contributed by atoms with van der Waals surface area (Å²) in [6.45, 7) is 4.06. The maximum atomic E-state index is 12.4. The molecule has 1 aromatic rings. The molecule has 1 aliphatic carbocycles. The van der Waals surface area contributed by atoms with Crippen LogP contribution in [0, 0.1) is 5.92 Å². The molecule has 2 fully saturated rings. The number of carbonyl (C=O) groups excluding carboxylic acids is 1. The van der Waals surface area contributed by atoms with Crippen LogP contribution in [0.3, 0.4) is 0 Å². The van der Waals surface area contributed by atoms with Gasteiger partial charge in [-0.15, -0.1) is 11.3 Å². The molecule has 4 atom stereocenters. The van der Waals surface area contributed by atoms with E-state index in [2.05, 4.69) is 29.8 Å². The number of thiophene rings is 1. The van der Waals surface area contributed by atoms with Crippen LogP contribution in [0.5, 0.6) is 0 Å². The first-order valence-electron chi connectivity index (χ1n) is 8.41. The molecule has 1 saturated heterocycles. The van der Waals surface area contributed by atoms with Gasteiger partial charge in [-0.25, -0.2) is 0 Å². The zero-order chi connectivity index (χ0) is 14.7. The van der Waals surface area contributed by atoms with E-state index in [1.54, 1.807) is 0 Å². The SMILES string of the molecule is C[C@H]1CCCC[C@H]1NC(=O)C[NH+]1CCC[C@@H]1c1cccs1. The third-order valence-electron chi connectivity index (χ3n) is 5.22. The zero-order valence-electron chi connectivity index (χ0n) is 12.9. The average molecular weight is 307 g/mol. The molecule has 1 aromatic heterocycles. The molecular weight excluding hydrogens is 280 g/mol. The summed E-state index contributed by atoms with van der Waals surface area (Å²) in [6.07, 6.45) is 7.49. The van der Waals surface area contributed by atoms with E-state index >= 15 is 0 Å². The van der Waals surface area contributed by atoms with Gasteiger partial charge in [-0.05, 0) is 30.2 Å². The van der Waals surface area contributed by atoms with E-state index in [1.165, 1.54) is 41.9 Å². The van der Waals surface area contributed by atoms with E-state index in [1.807, 2.05) is 11.3 Å². The lowest BCUT2D eigenvalue weighted by Gasteiger charge is -2.30. The third kappa shape index (κ3) is 3.67. The molecule has 21 heavy (non-hydrogen) atoms. The summed E-state index contributed by atoms with van der Waals surface area (Å²) < 4.78 is 0. The Morgan fingerprint density at radius 3 is 2.95 bits per heavy atom. The van der Waals surface area contributed by atoms with E-state index in [0.717, 1.165) is 13.0 Å². The van der Waals surface area contributed by atoms with Gasteiger partial charge in [0.1, 0.15) is 6.04 Å². The van der Waals surface area contributed by atoms with Gasteiger partial charge in [0.05, 0.1) is 11.4 Å². The van der Waals surface area contributed by atoms with E-state index in [4.69, 9.17) is 0 Å². The highest BCUT2D eigenvalue weighted by Crippen LogP contribution is 2.24. The Morgan fingerprint density at radius 1 is 1.33 bits per heavy atom. The molecule has 3 rings (SSSR count). The molecule has 1 saturated carbocycles. The number of rotatable bonds is 4.